The Morgan fingerprint density at radius 3 is 2.40 bits per heavy atom. The van der Waals surface area contributed by atoms with Crippen LogP contribution in [0.15, 0.2) is 48.5 Å². The number of amides is 2. The molecule has 1 fully saturated rings. The molecule has 3 aromatic rings. The summed E-state index contributed by atoms with van der Waals surface area (Å²) in [5.74, 6) is 1.71. The number of hydrogen-bond donors (Lipinski definition) is 3. The second-order valence-corrected chi connectivity index (χ2v) is 9.02. The lowest BCUT2D eigenvalue weighted by atomic mass is 9.86. The van der Waals surface area contributed by atoms with Gasteiger partial charge in [0.25, 0.3) is 0 Å². The van der Waals surface area contributed by atoms with Crippen molar-refractivity contribution in [3.05, 3.63) is 54.1 Å². The third-order valence-corrected chi connectivity index (χ3v) is 6.22. The van der Waals surface area contributed by atoms with Gasteiger partial charge in [0.2, 0.25) is 5.95 Å². The first-order valence-corrected chi connectivity index (χ1v) is 11.6. The first-order valence-electron chi connectivity index (χ1n) is 11.6. The molecule has 0 atom stereocenters. The summed E-state index contributed by atoms with van der Waals surface area (Å²) >= 11 is 0. The number of hydrogen-bond acceptors (Lipinski definition) is 5. The van der Waals surface area contributed by atoms with Gasteiger partial charge in [-0.2, -0.15) is 18.2 Å². The van der Waals surface area contributed by atoms with Crippen LogP contribution in [0.3, 0.4) is 0 Å². The van der Waals surface area contributed by atoms with E-state index in [-0.39, 0.29) is 17.6 Å². The zero-order chi connectivity index (χ0) is 25.0. The van der Waals surface area contributed by atoms with Crippen molar-refractivity contribution in [3.8, 4) is 0 Å². The van der Waals surface area contributed by atoms with Gasteiger partial charge in [-0.1, -0.05) is 24.3 Å². The number of urea groups is 1. The van der Waals surface area contributed by atoms with E-state index < -0.39 is 17.8 Å². The topological polar surface area (TPSA) is 82.2 Å². The monoisotopic (exact) mass is 486 g/mol. The summed E-state index contributed by atoms with van der Waals surface area (Å²) in [6.07, 6.45) is -0.996. The Bertz CT molecular complexity index is 1180. The Balaban J connectivity index is 1.28. The van der Waals surface area contributed by atoms with Crippen LogP contribution in [0.4, 0.5) is 35.4 Å². The molecule has 0 saturated heterocycles. The number of halogens is 3. The number of para-hydroxylation sites is 2. The lowest BCUT2D eigenvalue weighted by Crippen LogP contribution is -2.36. The summed E-state index contributed by atoms with van der Waals surface area (Å²) < 4.78 is 39.4. The molecule has 4 rings (SSSR count). The first-order chi connectivity index (χ1) is 16.7. The SMILES string of the molecule is CN(C)c1nc(NC2CCC(CNC(=O)Nc3ccccc3C(F)(F)F)CC2)nc2ccccc12. The third kappa shape index (κ3) is 6.12. The molecule has 1 aliphatic carbocycles. The fraction of sp³-hybridized carbons (Fsp3) is 0.400. The highest BCUT2D eigenvalue weighted by Gasteiger charge is 2.33. The average Bonchev–Trinajstić information content (AvgIpc) is 2.82. The van der Waals surface area contributed by atoms with E-state index in [1.54, 1.807) is 0 Å². The van der Waals surface area contributed by atoms with E-state index in [0.29, 0.717) is 12.5 Å². The Hall–Kier alpha value is -3.56. The molecule has 0 bridgehead atoms. The zero-order valence-electron chi connectivity index (χ0n) is 19.7. The normalized spacial score (nSPS) is 18.2. The Labute approximate surface area is 202 Å². The highest BCUT2D eigenvalue weighted by Crippen LogP contribution is 2.34. The Morgan fingerprint density at radius 2 is 1.69 bits per heavy atom. The van der Waals surface area contributed by atoms with Crippen LogP contribution in [0.1, 0.15) is 31.2 Å². The second kappa shape index (κ2) is 10.4. The van der Waals surface area contributed by atoms with E-state index in [9.17, 15) is 18.0 Å². The highest BCUT2D eigenvalue weighted by molar-refractivity contribution is 5.91. The Morgan fingerprint density at radius 1 is 1.00 bits per heavy atom. The minimum atomic E-state index is -4.53. The van der Waals surface area contributed by atoms with Crippen molar-refractivity contribution in [3.63, 3.8) is 0 Å². The molecule has 2 aromatic carbocycles. The summed E-state index contributed by atoms with van der Waals surface area (Å²) in [6, 6.07) is 12.4. The van der Waals surface area contributed by atoms with Crippen LogP contribution in [0.5, 0.6) is 0 Å². The van der Waals surface area contributed by atoms with Crippen molar-refractivity contribution in [1.29, 1.82) is 0 Å². The van der Waals surface area contributed by atoms with Gasteiger partial charge in [0.1, 0.15) is 5.82 Å². The second-order valence-electron chi connectivity index (χ2n) is 9.02. The van der Waals surface area contributed by atoms with Crippen molar-refractivity contribution in [2.75, 3.05) is 36.2 Å². The van der Waals surface area contributed by atoms with Crippen molar-refractivity contribution >= 4 is 34.4 Å². The number of rotatable bonds is 6. The van der Waals surface area contributed by atoms with Crippen molar-refractivity contribution < 1.29 is 18.0 Å². The van der Waals surface area contributed by atoms with Crippen LogP contribution in [-0.4, -0.2) is 42.7 Å². The third-order valence-electron chi connectivity index (χ3n) is 6.22. The van der Waals surface area contributed by atoms with E-state index >= 15 is 0 Å². The summed E-state index contributed by atoms with van der Waals surface area (Å²) in [4.78, 5) is 23.5. The van der Waals surface area contributed by atoms with Crippen molar-refractivity contribution in [1.82, 2.24) is 15.3 Å². The molecule has 1 aromatic heterocycles. The number of nitrogens with one attached hydrogen (secondary N) is 3. The smallest absolute Gasteiger partial charge is 0.362 e. The van der Waals surface area contributed by atoms with Crippen molar-refractivity contribution in [2.45, 2.75) is 37.9 Å². The molecule has 10 heteroatoms. The van der Waals surface area contributed by atoms with Crippen molar-refractivity contribution in [2.24, 2.45) is 5.92 Å². The van der Waals surface area contributed by atoms with Crippen LogP contribution >= 0.6 is 0 Å². The van der Waals surface area contributed by atoms with Gasteiger partial charge in [-0.25, -0.2) is 9.78 Å². The molecule has 0 radical (unpaired) electrons. The molecule has 1 aliphatic rings. The molecule has 7 nitrogen and oxygen atoms in total. The summed E-state index contributed by atoms with van der Waals surface area (Å²) in [7, 11) is 3.91. The number of anilines is 3. The molecule has 0 spiro atoms. The highest BCUT2D eigenvalue weighted by atomic mass is 19.4. The van der Waals surface area contributed by atoms with Gasteiger partial charge in [0.15, 0.2) is 0 Å². The maximum absolute atomic E-state index is 13.1. The number of fused-ring (bicyclic) bond motifs is 1. The fourth-order valence-corrected chi connectivity index (χ4v) is 4.40. The molecule has 35 heavy (non-hydrogen) atoms. The van der Waals surface area contributed by atoms with Gasteiger partial charge in [0.05, 0.1) is 16.8 Å². The van der Waals surface area contributed by atoms with E-state index in [1.807, 2.05) is 43.3 Å². The number of carbonyl (C=O) groups excluding carboxylic acids is 1. The van der Waals surface area contributed by atoms with Crippen LogP contribution in [0.2, 0.25) is 0 Å². The average molecular weight is 487 g/mol. The van der Waals surface area contributed by atoms with E-state index in [1.165, 1.54) is 18.2 Å². The van der Waals surface area contributed by atoms with Gasteiger partial charge in [-0.3, -0.25) is 0 Å². The summed E-state index contributed by atoms with van der Waals surface area (Å²) in [5.41, 5.74) is -0.238. The number of benzene rings is 2. The molecule has 1 saturated carbocycles. The quantitative estimate of drug-likeness (QED) is 0.428. The van der Waals surface area contributed by atoms with Crippen LogP contribution < -0.4 is 20.9 Å². The molecular formula is C25H29F3N6O. The maximum atomic E-state index is 13.1. The molecule has 2 amide bonds. The van der Waals surface area contributed by atoms with Gasteiger partial charge in [-0.05, 0) is 55.9 Å². The van der Waals surface area contributed by atoms with Crippen LogP contribution in [0.25, 0.3) is 10.9 Å². The van der Waals surface area contributed by atoms with E-state index in [4.69, 9.17) is 4.98 Å². The predicted molar refractivity (Wildman–Crippen MR) is 132 cm³/mol. The predicted octanol–water partition coefficient (Wildman–Crippen LogP) is 5.51. The number of carbonyl (C=O) groups is 1. The lowest BCUT2D eigenvalue weighted by Gasteiger charge is -2.29. The minimum absolute atomic E-state index is 0.218. The zero-order valence-corrected chi connectivity index (χ0v) is 19.7. The lowest BCUT2D eigenvalue weighted by molar-refractivity contribution is -0.136. The van der Waals surface area contributed by atoms with Crippen LogP contribution in [0, 0.1) is 5.92 Å². The van der Waals surface area contributed by atoms with Gasteiger partial charge in [-0.15, -0.1) is 0 Å². The molecule has 0 unspecified atom stereocenters. The molecule has 0 aliphatic heterocycles. The van der Waals surface area contributed by atoms with Gasteiger partial charge < -0.3 is 20.9 Å². The first kappa shape index (κ1) is 24.6. The summed E-state index contributed by atoms with van der Waals surface area (Å²) in [5, 5.41) is 9.49. The Kier molecular flexibility index (Phi) is 7.28. The number of alkyl halides is 3. The maximum Gasteiger partial charge on any atom is 0.418 e. The van der Waals surface area contributed by atoms with Gasteiger partial charge >= 0.3 is 12.2 Å². The van der Waals surface area contributed by atoms with Gasteiger partial charge in [0, 0.05) is 32.1 Å². The number of aromatic nitrogens is 2. The minimum Gasteiger partial charge on any atom is -0.362 e. The molecule has 1 heterocycles. The summed E-state index contributed by atoms with van der Waals surface area (Å²) in [6.45, 7) is 0.407. The molecular weight excluding hydrogens is 457 g/mol. The molecule has 186 valence electrons. The van der Waals surface area contributed by atoms with Crippen LogP contribution in [-0.2, 0) is 6.18 Å². The largest absolute Gasteiger partial charge is 0.418 e. The number of nitrogens with zero attached hydrogens (tertiary/aromatic N) is 3. The standard InChI is InChI=1S/C25H29F3N6O/c1-34(2)22-18-7-3-5-9-20(18)31-23(33-22)30-17-13-11-16(12-14-17)15-29-24(35)32-21-10-6-4-8-19(21)25(26,27)28/h3-10,16-17H,11-15H2,1-2H3,(H2,29,32,35)(H,30,31,33). The van der Waals surface area contributed by atoms with E-state index in [0.717, 1.165) is 48.5 Å². The van der Waals surface area contributed by atoms with E-state index in [2.05, 4.69) is 20.9 Å². The molecule has 3 N–H and O–H groups in total. The fourth-order valence-electron chi connectivity index (χ4n) is 4.40.